The molecule has 1 unspecified atom stereocenters. The van der Waals surface area contributed by atoms with Gasteiger partial charge in [-0.05, 0) is 37.6 Å². The zero-order chi connectivity index (χ0) is 14.4. The van der Waals surface area contributed by atoms with E-state index in [2.05, 4.69) is 10.6 Å². The van der Waals surface area contributed by atoms with Gasteiger partial charge in [-0.15, -0.1) is 0 Å². The molecular formula is C14H19ClN2O2. The van der Waals surface area contributed by atoms with Crippen LogP contribution in [-0.4, -0.2) is 30.8 Å². The van der Waals surface area contributed by atoms with E-state index in [0.29, 0.717) is 23.7 Å². The number of rotatable bonds is 6. The average Bonchev–Trinajstić information content (AvgIpc) is 2.36. The van der Waals surface area contributed by atoms with Gasteiger partial charge in [-0.2, -0.15) is 0 Å². The number of Topliss-reactive ketones (excluding diaryl/α,β-unsaturated/α-hetero) is 1. The molecule has 0 bridgehead atoms. The smallest absolute Gasteiger partial charge is 0.216 e. The molecule has 5 heteroatoms. The predicted octanol–water partition coefficient (Wildman–Crippen LogP) is 1.95. The Balaban J connectivity index is 2.52. The lowest BCUT2D eigenvalue weighted by atomic mass is 10.0. The molecule has 0 aliphatic heterocycles. The van der Waals surface area contributed by atoms with Crippen LogP contribution in [0.4, 0.5) is 0 Å². The summed E-state index contributed by atoms with van der Waals surface area (Å²) in [4.78, 5) is 22.8. The molecule has 0 heterocycles. The molecule has 0 aromatic heterocycles. The molecule has 1 amide bonds. The third kappa shape index (κ3) is 5.01. The van der Waals surface area contributed by atoms with Crippen LogP contribution in [0.2, 0.25) is 5.02 Å². The monoisotopic (exact) mass is 282 g/mol. The highest BCUT2D eigenvalue weighted by Crippen LogP contribution is 2.17. The lowest BCUT2D eigenvalue weighted by Gasteiger charge is -2.13. The molecule has 0 aliphatic rings. The van der Waals surface area contributed by atoms with Crippen LogP contribution in [0.5, 0.6) is 0 Å². The maximum atomic E-state index is 12.1. The Morgan fingerprint density at radius 2 is 2.00 bits per heavy atom. The molecule has 1 aromatic rings. The van der Waals surface area contributed by atoms with E-state index in [1.807, 2.05) is 6.92 Å². The summed E-state index contributed by atoms with van der Waals surface area (Å²) in [5.41, 5.74) is 1.53. The van der Waals surface area contributed by atoms with Gasteiger partial charge in [-0.1, -0.05) is 11.6 Å². The standard InChI is InChI=1S/C14H19ClN2O2/c1-9-8-12(4-5-13(9)15)14(19)10(2)16-6-7-17-11(3)18/h4-5,8,10,16H,6-7H2,1-3H3,(H,17,18). The normalized spacial score (nSPS) is 12.0. The van der Waals surface area contributed by atoms with Crippen molar-refractivity contribution in [1.29, 1.82) is 0 Å². The van der Waals surface area contributed by atoms with Crippen LogP contribution >= 0.6 is 11.6 Å². The van der Waals surface area contributed by atoms with Gasteiger partial charge in [0, 0.05) is 30.6 Å². The van der Waals surface area contributed by atoms with Crippen LogP contribution in [-0.2, 0) is 4.79 Å². The van der Waals surface area contributed by atoms with E-state index in [1.54, 1.807) is 25.1 Å². The van der Waals surface area contributed by atoms with Crippen LogP contribution in [0.3, 0.4) is 0 Å². The maximum Gasteiger partial charge on any atom is 0.216 e. The molecule has 0 aliphatic carbocycles. The van der Waals surface area contributed by atoms with Crippen molar-refractivity contribution in [2.45, 2.75) is 26.8 Å². The van der Waals surface area contributed by atoms with Gasteiger partial charge in [0.05, 0.1) is 6.04 Å². The number of amides is 1. The number of ketones is 1. The first-order chi connectivity index (χ1) is 8.91. The molecule has 19 heavy (non-hydrogen) atoms. The van der Waals surface area contributed by atoms with Gasteiger partial charge in [-0.25, -0.2) is 0 Å². The minimum atomic E-state index is -0.297. The number of aryl methyl sites for hydroxylation is 1. The summed E-state index contributed by atoms with van der Waals surface area (Å²) in [5.74, 6) is -0.0586. The number of benzene rings is 1. The van der Waals surface area contributed by atoms with E-state index < -0.39 is 0 Å². The lowest BCUT2D eigenvalue weighted by Crippen LogP contribution is -2.39. The van der Waals surface area contributed by atoms with Crippen LogP contribution in [0.15, 0.2) is 18.2 Å². The average molecular weight is 283 g/mol. The fraction of sp³-hybridized carbons (Fsp3) is 0.429. The predicted molar refractivity (Wildman–Crippen MR) is 76.7 cm³/mol. The summed E-state index contributed by atoms with van der Waals surface area (Å²) in [6.45, 7) is 6.20. The second kappa shape index (κ2) is 7.26. The Labute approximate surface area is 118 Å². The molecule has 0 saturated heterocycles. The zero-order valence-corrected chi connectivity index (χ0v) is 12.2. The van der Waals surface area contributed by atoms with Crippen molar-refractivity contribution in [3.63, 3.8) is 0 Å². The second-order valence-electron chi connectivity index (χ2n) is 4.49. The van der Waals surface area contributed by atoms with E-state index in [4.69, 9.17) is 11.6 Å². The van der Waals surface area contributed by atoms with Crippen molar-refractivity contribution >= 4 is 23.3 Å². The van der Waals surface area contributed by atoms with Crippen molar-refractivity contribution in [3.05, 3.63) is 34.3 Å². The number of hydrogen-bond acceptors (Lipinski definition) is 3. The third-order valence-corrected chi connectivity index (χ3v) is 3.21. The largest absolute Gasteiger partial charge is 0.355 e. The SMILES string of the molecule is CC(=O)NCCNC(C)C(=O)c1ccc(Cl)c(C)c1. The Morgan fingerprint density at radius 3 is 2.58 bits per heavy atom. The fourth-order valence-electron chi connectivity index (χ4n) is 1.67. The molecule has 4 nitrogen and oxygen atoms in total. The molecule has 0 spiro atoms. The van der Waals surface area contributed by atoms with E-state index >= 15 is 0 Å². The molecule has 104 valence electrons. The van der Waals surface area contributed by atoms with Crippen molar-refractivity contribution in [2.75, 3.05) is 13.1 Å². The van der Waals surface area contributed by atoms with E-state index in [-0.39, 0.29) is 17.7 Å². The fourth-order valence-corrected chi connectivity index (χ4v) is 1.79. The topological polar surface area (TPSA) is 58.2 Å². The Bertz CT molecular complexity index is 475. The number of carbonyl (C=O) groups is 2. The molecule has 1 atom stereocenters. The van der Waals surface area contributed by atoms with E-state index in [9.17, 15) is 9.59 Å². The van der Waals surface area contributed by atoms with Crippen molar-refractivity contribution in [1.82, 2.24) is 10.6 Å². The molecule has 0 radical (unpaired) electrons. The molecule has 0 fully saturated rings. The van der Waals surface area contributed by atoms with Crippen LogP contribution in [0, 0.1) is 6.92 Å². The first kappa shape index (κ1) is 15.7. The Hall–Kier alpha value is -1.39. The summed E-state index contributed by atoms with van der Waals surface area (Å²) in [6.07, 6.45) is 0. The Kier molecular flexibility index (Phi) is 5.99. The second-order valence-corrected chi connectivity index (χ2v) is 4.89. The maximum absolute atomic E-state index is 12.1. The van der Waals surface area contributed by atoms with Crippen molar-refractivity contribution in [3.8, 4) is 0 Å². The highest BCUT2D eigenvalue weighted by atomic mass is 35.5. The minimum absolute atomic E-state index is 0.0163. The van der Waals surface area contributed by atoms with E-state index in [1.165, 1.54) is 6.92 Å². The van der Waals surface area contributed by atoms with Crippen LogP contribution in [0.25, 0.3) is 0 Å². The summed E-state index contributed by atoms with van der Waals surface area (Å²) < 4.78 is 0. The Morgan fingerprint density at radius 1 is 1.32 bits per heavy atom. The van der Waals surface area contributed by atoms with Crippen molar-refractivity contribution < 1.29 is 9.59 Å². The van der Waals surface area contributed by atoms with Gasteiger partial charge in [0.1, 0.15) is 0 Å². The van der Waals surface area contributed by atoms with Crippen molar-refractivity contribution in [2.24, 2.45) is 0 Å². The zero-order valence-electron chi connectivity index (χ0n) is 11.4. The summed E-state index contributed by atoms with van der Waals surface area (Å²) in [6, 6.07) is 4.95. The molecule has 1 aromatic carbocycles. The van der Waals surface area contributed by atoms with Gasteiger partial charge in [0.2, 0.25) is 5.91 Å². The quantitative estimate of drug-likeness (QED) is 0.619. The highest BCUT2D eigenvalue weighted by Gasteiger charge is 2.14. The van der Waals surface area contributed by atoms with Crippen LogP contribution < -0.4 is 10.6 Å². The number of carbonyl (C=O) groups excluding carboxylic acids is 2. The molecular weight excluding hydrogens is 264 g/mol. The summed E-state index contributed by atoms with van der Waals surface area (Å²) in [5, 5.41) is 6.39. The first-order valence-electron chi connectivity index (χ1n) is 6.20. The van der Waals surface area contributed by atoms with Crippen LogP contribution in [0.1, 0.15) is 29.8 Å². The third-order valence-electron chi connectivity index (χ3n) is 2.79. The first-order valence-corrected chi connectivity index (χ1v) is 6.58. The van der Waals surface area contributed by atoms with Gasteiger partial charge in [0.25, 0.3) is 0 Å². The number of nitrogens with one attached hydrogen (secondary N) is 2. The minimum Gasteiger partial charge on any atom is -0.355 e. The summed E-state index contributed by atoms with van der Waals surface area (Å²) in [7, 11) is 0. The molecule has 2 N–H and O–H groups in total. The van der Waals surface area contributed by atoms with Gasteiger partial charge in [0.15, 0.2) is 5.78 Å². The van der Waals surface area contributed by atoms with E-state index in [0.717, 1.165) is 5.56 Å². The number of hydrogen-bond donors (Lipinski definition) is 2. The van der Waals surface area contributed by atoms with Gasteiger partial charge < -0.3 is 10.6 Å². The van der Waals surface area contributed by atoms with Gasteiger partial charge >= 0.3 is 0 Å². The lowest BCUT2D eigenvalue weighted by molar-refractivity contribution is -0.118. The molecule has 0 saturated carbocycles. The number of halogens is 1. The summed E-state index contributed by atoms with van der Waals surface area (Å²) >= 11 is 5.93. The molecule has 1 rings (SSSR count). The highest BCUT2D eigenvalue weighted by molar-refractivity contribution is 6.31. The van der Waals surface area contributed by atoms with Gasteiger partial charge in [-0.3, -0.25) is 9.59 Å².